The molecule has 0 aromatic carbocycles. The summed E-state index contributed by atoms with van der Waals surface area (Å²) in [6, 6.07) is 0. The van der Waals surface area contributed by atoms with Crippen molar-refractivity contribution in [1.82, 2.24) is 0 Å². The molecule has 0 heterocycles. The van der Waals surface area contributed by atoms with E-state index >= 15 is 0 Å². The van der Waals surface area contributed by atoms with Crippen LogP contribution in [0, 0.1) is 0 Å². The van der Waals surface area contributed by atoms with Crippen molar-refractivity contribution in [1.29, 1.82) is 0 Å². The highest BCUT2D eigenvalue weighted by molar-refractivity contribution is 7.99. The lowest BCUT2D eigenvalue weighted by molar-refractivity contribution is -0.122. The van der Waals surface area contributed by atoms with Crippen LogP contribution in [0.25, 0.3) is 0 Å². The van der Waals surface area contributed by atoms with Crippen molar-refractivity contribution in [3.8, 4) is 0 Å². The topological polar surface area (TPSA) is 78.3 Å². The number of nitrogens with two attached hydrogens (primary N) is 2. The number of amides is 1. The molecule has 90 valence electrons. The molecule has 5 heteroatoms. The Bertz CT molecular complexity index is 198. The Morgan fingerprint density at radius 2 is 2.20 bits per heavy atom. The van der Waals surface area contributed by atoms with Crippen molar-refractivity contribution < 1.29 is 9.53 Å². The molecule has 1 amide bonds. The van der Waals surface area contributed by atoms with Crippen LogP contribution in [0.5, 0.6) is 0 Å². The van der Waals surface area contributed by atoms with Crippen LogP contribution in [0.1, 0.15) is 26.7 Å². The predicted molar refractivity (Wildman–Crippen MR) is 64.8 cm³/mol. The SMILES string of the molecule is COCCCSC(C)CC(C)(N)C(N)=O. The van der Waals surface area contributed by atoms with Gasteiger partial charge in [0.25, 0.3) is 0 Å². The first-order valence-electron chi connectivity index (χ1n) is 5.09. The number of carbonyl (C=O) groups is 1. The Hall–Kier alpha value is -0.260. The van der Waals surface area contributed by atoms with Gasteiger partial charge < -0.3 is 16.2 Å². The van der Waals surface area contributed by atoms with Gasteiger partial charge in [0, 0.05) is 19.0 Å². The molecule has 0 fully saturated rings. The number of hydrogen-bond acceptors (Lipinski definition) is 4. The van der Waals surface area contributed by atoms with Gasteiger partial charge >= 0.3 is 0 Å². The molecule has 0 bridgehead atoms. The zero-order chi connectivity index (χ0) is 11.9. The molecular weight excluding hydrogens is 212 g/mol. The normalized spacial score (nSPS) is 17.1. The first-order chi connectivity index (χ1) is 6.90. The summed E-state index contributed by atoms with van der Waals surface area (Å²) in [5.74, 6) is 0.580. The lowest BCUT2D eigenvalue weighted by Crippen LogP contribution is -2.50. The molecule has 0 spiro atoms. The Morgan fingerprint density at radius 3 is 2.67 bits per heavy atom. The highest BCUT2D eigenvalue weighted by Gasteiger charge is 2.27. The van der Waals surface area contributed by atoms with E-state index in [1.807, 2.05) is 0 Å². The zero-order valence-electron chi connectivity index (χ0n) is 9.79. The highest BCUT2D eigenvalue weighted by atomic mass is 32.2. The van der Waals surface area contributed by atoms with E-state index in [1.54, 1.807) is 25.8 Å². The Kier molecular flexibility index (Phi) is 6.96. The van der Waals surface area contributed by atoms with Gasteiger partial charge in [-0.05, 0) is 25.5 Å². The predicted octanol–water partition coefficient (Wildman–Crippen LogP) is 0.737. The van der Waals surface area contributed by atoms with Gasteiger partial charge in [-0.15, -0.1) is 0 Å². The summed E-state index contributed by atoms with van der Waals surface area (Å²) in [7, 11) is 1.69. The maximum absolute atomic E-state index is 11.0. The van der Waals surface area contributed by atoms with E-state index in [0.717, 1.165) is 18.8 Å². The standard InChI is InChI=1S/C10H22N2O2S/c1-8(15-6-4-5-14-3)7-10(2,12)9(11)13/h8H,4-7,12H2,1-3H3,(H2,11,13). The maximum Gasteiger partial charge on any atom is 0.237 e. The largest absolute Gasteiger partial charge is 0.385 e. The molecule has 4 nitrogen and oxygen atoms in total. The Morgan fingerprint density at radius 1 is 1.60 bits per heavy atom. The minimum Gasteiger partial charge on any atom is -0.385 e. The summed E-state index contributed by atoms with van der Waals surface area (Å²) in [5, 5.41) is 0.337. The van der Waals surface area contributed by atoms with E-state index in [0.29, 0.717) is 11.7 Å². The first kappa shape index (κ1) is 14.7. The molecule has 0 aliphatic heterocycles. The van der Waals surface area contributed by atoms with E-state index in [1.165, 1.54) is 0 Å². The molecule has 0 saturated carbocycles. The van der Waals surface area contributed by atoms with Crippen LogP contribution in [0.15, 0.2) is 0 Å². The summed E-state index contributed by atoms with van der Waals surface area (Å²) in [5.41, 5.74) is 10.1. The number of carbonyl (C=O) groups excluding carboxylic acids is 1. The molecule has 4 N–H and O–H groups in total. The molecule has 0 saturated heterocycles. The average Bonchev–Trinajstić information content (AvgIpc) is 2.11. The average molecular weight is 234 g/mol. The summed E-state index contributed by atoms with van der Waals surface area (Å²) < 4.78 is 4.95. The molecule has 2 unspecified atom stereocenters. The lowest BCUT2D eigenvalue weighted by atomic mass is 9.97. The smallest absolute Gasteiger partial charge is 0.237 e. The van der Waals surface area contributed by atoms with Crippen molar-refractivity contribution in [2.45, 2.75) is 37.5 Å². The van der Waals surface area contributed by atoms with Crippen LogP contribution in [0.3, 0.4) is 0 Å². The van der Waals surface area contributed by atoms with Crippen molar-refractivity contribution >= 4 is 17.7 Å². The van der Waals surface area contributed by atoms with E-state index < -0.39 is 11.4 Å². The van der Waals surface area contributed by atoms with Crippen LogP contribution in [-0.2, 0) is 9.53 Å². The van der Waals surface area contributed by atoms with Crippen LogP contribution in [-0.4, -0.2) is 36.2 Å². The van der Waals surface area contributed by atoms with Gasteiger partial charge in [-0.25, -0.2) is 0 Å². The van der Waals surface area contributed by atoms with Crippen molar-refractivity contribution in [3.05, 3.63) is 0 Å². The number of thioether (sulfide) groups is 1. The van der Waals surface area contributed by atoms with E-state index in [2.05, 4.69) is 6.92 Å². The molecule has 0 aliphatic carbocycles. The summed E-state index contributed by atoms with van der Waals surface area (Å²) >= 11 is 1.79. The van der Waals surface area contributed by atoms with Crippen molar-refractivity contribution in [3.63, 3.8) is 0 Å². The van der Waals surface area contributed by atoms with Gasteiger partial charge in [0.05, 0.1) is 5.54 Å². The fraction of sp³-hybridized carbons (Fsp3) is 0.900. The van der Waals surface area contributed by atoms with Gasteiger partial charge in [-0.2, -0.15) is 11.8 Å². The van der Waals surface area contributed by atoms with Gasteiger partial charge in [0.15, 0.2) is 0 Å². The molecule has 0 radical (unpaired) electrons. The van der Waals surface area contributed by atoms with Crippen LogP contribution < -0.4 is 11.5 Å². The number of rotatable bonds is 8. The van der Waals surface area contributed by atoms with Gasteiger partial charge in [-0.1, -0.05) is 6.92 Å². The van der Waals surface area contributed by atoms with Gasteiger partial charge in [0.1, 0.15) is 0 Å². The molecule has 2 atom stereocenters. The first-order valence-corrected chi connectivity index (χ1v) is 6.14. The van der Waals surface area contributed by atoms with Crippen LogP contribution in [0.4, 0.5) is 0 Å². The lowest BCUT2D eigenvalue weighted by Gasteiger charge is -2.24. The van der Waals surface area contributed by atoms with Gasteiger partial charge in [0.2, 0.25) is 5.91 Å². The second kappa shape index (κ2) is 7.09. The van der Waals surface area contributed by atoms with Crippen LogP contribution in [0.2, 0.25) is 0 Å². The van der Waals surface area contributed by atoms with Crippen molar-refractivity contribution in [2.24, 2.45) is 11.5 Å². The molecule has 0 rings (SSSR count). The fourth-order valence-corrected chi connectivity index (χ4v) is 2.40. The minimum absolute atomic E-state index is 0.337. The maximum atomic E-state index is 11.0. The van der Waals surface area contributed by atoms with E-state index in [-0.39, 0.29) is 0 Å². The molecule has 0 aromatic rings. The fourth-order valence-electron chi connectivity index (χ4n) is 1.24. The summed E-state index contributed by atoms with van der Waals surface area (Å²) in [6.07, 6.45) is 1.63. The number of methoxy groups -OCH3 is 1. The molecule has 0 aromatic heterocycles. The number of ether oxygens (including phenoxy) is 1. The Balaban J connectivity index is 3.73. The second-order valence-electron chi connectivity index (χ2n) is 4.01. The molecular formula is C10H22N2O2S. The second-order valence-corrected chi connectivity index (χ2v) is 5.56. The Labute approximate surface area is 96.1 Å². The van der Waals surface area contributed by atoms with E-state index in [4.69, 9.17) is 16.2 Å². The summed E-state index contributed by atoms with van der Waals surface area (Å²) in [6.45, 7) is 4.52. The number of hydrogen-bond donors (Lipinski definition) is 2. The third kappa shape index (κ3) is 6.76. The van der Waals surface area contributed by atoms with E-state index in [9.17, 15) is 4.79 Å². The highest BCUT2D eigenvalue weighted by Crippen LogP contribution is 2.20. The van der Waals surface area contributed by atoms with Crippen molar-refractivity contribution in [2.75, 3.05) is 19.5 Å². The third-order valence-corrected chi connectivity index (χ3v) is 3.43. The zero-order valence-corrected chi connectivity index (χ0v) is 10.6. The quantitative estimate of drug-likeness (QED) is 0.607. The summed E-state index contributed by atoms with van der Waals surface area (Å²) in [4.78, 5) is 11.0. The third-order valence-electron chi connectivity index (χ3n) is 2.17. The van der Waals surface area contributed by atoms with Gasteiger partial charge in [-0.3, -0.25) is 4.79 Å². The monoisotopic (exact) mass is 234 g/mol. The molecule has 15 heavy (non-hydrogen) atoms. The van der Waals surface area contributed by atoms with Crippen LogP contribution >= 0.6 is 11.8 Å². The molecule has 0 aliphatic rings. The minimum atomic E-state index is -0.895. The number of primary amides is 1.